The van der Waals surface area contributed by atoms with E-state index in [9.17, 15) is 0 Å². The largest absolute Gasteiger partial charge is 0.364 e. The summed E-state index contributed by atoms with van der Waals surface area (Å²) in [7, 11) is 0. The van der Waals surface area contributed by atoms with Gasteiger partial charge in [-0.3, -0.25) is 0 Å². The molecule has 1 aliphatic rings. The van der Waals surface area contributed by atoms with Gasteiger partial charge in [0.1, 0.15) is 5.60 Å². The molecule has 0 spiro atoms. The van der Waals surface area contributed by atoms with Gasteiger partial charge in [0.25, 0.3) is 0 Å². The van der Waals surface area contributed by atoms with Gasteiger partial charge < -0.3 is 4.74 Å². The molecule has 0 amide bonds. The van der Waals surface area contributed by atoms with Crippen molar-refractivity contribution in [2.24, 2.45) is 0 Å². The van der Waals surface area contributed by atoms with Crippen LogP contribution in [0.3, 0.4) is 0 Å². The Bertz CT molecular complexity index is 549. The van der Waals surface area contributed by atoms with Crippen LogP contribution < -0.4 is 0 Å². The Morgan fingerprint density at radius 3 is 1.70 bits per heavy atom. The third-order valence-corrected chi connectivity index (χ3v) is 6.25. The molecule has 2 aromatic rings. The Labute approximate surface area is 149 Å². The number of alkyl halides is 1. The second-order valence-electron chi connectivity index (χ2n) is 4.85. The molecule has 0 aliphatic carbocycles. The summed E-state index contributed by atoms with van der Waals surface area (Å²) in [6, 6.07) is 17.0. The van der Waals surface area contributed by atoms with Gasteiger partial charge in [-0.15, -0.1) is 0 Å². The highest BCUT2D eigenvalue weighted by Gasteiger charge is 2.45. The van der Waals surface area contributed by atoms with Gasteiger partial charge in [0, 0.05) is 15.6 Å². The molecule has 0 aromatic heterocycles. The van der Waals surface area contributed by atoms with Crippen molar-refractivity contribution in [3.05, 3.63) is 68.6 Å². The van der Waals surface area contributed by atoms with E-state index in [1.54, 1.807) is 0 Å². The lowest BCUT2D eigenvalue weighted by atomic mass is 9.84. The first-order valence-corrected chi connectivity index (χ1v) is 9.26. The first-order valence-electron chi connectivity index (χ1n) is 6.43. The monoisotopic (exact) mass is 506 g/mol. The minimum atomic E-state index is -0.331. The molecule has 1 atom stereocenters. The second-order valence-corrected chi connectivity index (χ2v) is 8.19. The van der Waals surface area contributed by atoms with Gasteiger partial charge in [0.2, 0.25) is 0 Å². The van der Waals surface area contributed by atoms with Crippen LogP contribution in [0.15, 0.2) is 57.5 Å². The second kappa shape index (κ2) is 6.07. The Kier molecular flexibility index (Phi) is 4.55. The predicted molar refractivity (Wildman–Crippen MR) is 97.4 cm³/mol. The standard InChI is InChI=1S/C16H13Br2IO/c17-13-5-1-11(2-6-13)16(15(19)9-10-20-16)12-3-7-14(18)8-4-12/h1-8,15H,9-10H2. The Morgan fingerprint density at radius 2 is 1.35 bits per heavy atom. The molecule has 104 valence electrons. The number of hydrogen-bond donors (Lipinski definition) is 0. The molecule has 0 radical (unpaired) electrons. The minimum absolute atomic E-state index is 0.331. The van der Waals surface area contributed by atoms with Crippen LogP contribution in [0.2, 0.25) is 0 Å². The van der Waals surface area contributed by atoms with Crippen molar-refractivity contribution in [1.82, 2.24) is 0 Å². The summed E-state index contributed by atoms with van der Waals surface area (Å²) < 4.78 is 8.88. The molecule has 0 saturated carbocycles. The zero-order chi connectivity index (χ0) is 14.2. The van der Waals surface area contributed by atoms with Crippen molar-refractivity contribution in [2.45, 2.75) is 15.9 Å². The smallest absolute Gasteiger partial charge is 0.130 e. The van der Waals surface area contributed by atoms with Crippen LogP contribution in [0.1, 0.15) is 17.5 Å². The number of hydrogen-bond acceptors (Lipinski definition) is 1. The van der Waals surface area contributed by atoms with Crippen LogP contribution >= 0.6 is 54.5 Å². The Balaban J connectivity index is 2.14. The molecule has 1 saturated heterocycles. The van der Waals surface area contributed by atoms with Crippen LogP contribution in [-0.4, -0.2) is 10.5 Å². The molecule has 2 aromatic carbocycles. The maximum atomic E-state index is 6.27. The average Bonchev–Trinajstić information content (AvgIpc) is 2.83. The first-order chi connectivity index (χ1) is 9.63. The van der Waals surface area contributed by atoms with E-state index >= 15 is 0 Å². The van der Waals surface area contributed by atoms with Crippen molar-refractivity contribution in [3.63, 3.8) is 0 Å². The summed E-state index contributed by atoms with van der Waals surface area (Å²) in [5.41, 5.74) is 2.11. The van der Waals surface area contributed by atoms with Gasteiger partial charge in [0.15, 0.2) is 0 Å². The maximum Gasteiger partial charge on any atom is 0.130 e. The van der Waals surface area contributed by atoms with Crippen LogP contribution in [0.5, 0.6) is 0 Å². The van der Waals surface area contributed by atoms with Crippen molar-refractivity contribution in [2.75, 3.05) is 6.61 Å². The molecule has 0 N–H and O–H groups in total. The van der Waals surface area contributed by atoms with E-state index in [2.05, 4.69) is 103 Å². The van der Waals surface area contributed by atoms with Gasteiger partial charge in [-0.1, -0.05) is 78.7 Å². The van der Waals surface area contributed by atoms with Crippen LogP contribution in [-0.2, 0) is 10.3 Å². The number of ether oxygens (including phenoxy) is 1. The van der Waals surface area contributed by atoms with Crippen molar-refractivity contribution in [3.8, 4) is 0 Å². The average molecular weight is 508 g/mol. The van der Waals surface area contributed by atoms with E-state index in [0.29, 0.717) is 3.92 Å². The van der Waals surface area contributed by atoms with Gasteiger partial charge in [-0.2, -0.15) is 0 Å². The van der Waals surface area contributed by atoms with Gasteiger partial charge >= 0.3 is 0 Å². The summed E-state index contributed by atoms with van der Waals surface area (Å²) in [4.78, 5) is 0. The highest BCUT2D eigenvalue weighted by Crippen LogP contribution is 2.46. The number of benzene rings is 2. The maximum absolute atomic E-state index is 6.27. The van der Waals surface area contributed by atoms with E-state index in [4.69, 9.17) is 4.74 Å². The zero-order valence-electron chi connectivity index (χ0n) is 10.7. The fraction of sp³-hybridized carbons (Fsp3) is 0.250. The van der Waals surface area contributed by atoms with Gasteiger partial charge in [0.05, 0.1) is 3.92 Å². The third-order valence-electron chi connectivity index (χ3n) is 3.69. The summed E-state index contributed by atoms with van der Waals surface area (Å²) in [6.45, 7) is 0.805. The molecule has 1 heterocycles. The molecule has 3 rings (SSSR count). The number of halogens is 3. The third kappa shape index (κ3) is 2.60. The number of rotatable bonds is 2. The highest BCUT2D eigenvalue weighted by atomic mass is 127. The molecule has 1 fully saturated rings. The van der Waals surface area contributed by atoms with Gasteiger partial charge in [-0.25, -0.2) is 0 Å². The summed E-state index contributed by atoms with van der Waals surface area (Å²) in [6.07, 6.45) is 1.08. The molecule has 0 bridgehead atoms. The lowest BCUT2D eigenvalue weighted by Gasteiger charge is -2.33. The van der Waals surface area contributed by atoms with Crippen LogP contribution in [0.25, 0.3) is 0 Å². The van der Waals surface area contributed by atoms with Crippen molar-refractivity contribution < 1.29 is 4.74 Å². The van der Waals surface area contributed by atoms with Gasteiger partial charge in [-0.05, 0) is 41.8 Å². The predicted octanol–water partition coefficient (Wildman–Crippen LogP) is 5.68. The molecule has 20 heavy (non-hydrogen) atoms. The fourth-order valence-corrected chi connectivity index (χ4v) is 4.39. The lowest BCUT2D eigenvalue weighted by Crippen LogP contribution is -2.34. The van der Waals surface area contributed by atoms with E-state index < -0.39 is 0 Å². The van der Waals surface area contributed by atoms with Crippen molar-refractivity contribution in [1.29, 1.82) is 0 Å². The molecule has 1 nitrogen and oxygen atoms in total. The summed E-state index contributed by atoms with van der Waals surface area (Å²) in [5, 5.41) is 0. The summed E-state index contributed by atoms with van der Waals surface area (Å²) >= 11 is 9.53. The van der Waals surface area contributed by atoms with Crippen LogP contribution in [0, 0.1) is 0 Å². The first kappa shape index (κ1) is 15.0. The minimum Gasteiger partial charge on any atom is -0.364 e. The van der Waals surface area contributed by atoms with E-state index in [1.807, 2.05) is 0 Å². The molecular formula is C16H13Br2IO. The topological polar surface area (TPSA) is 9.23 Å². The molecular weight excluding hydrogens is 495 g/mol. The zero-order valence-corrected chi connectivity index (χ0v) is 16.0. The highest BCUT2D eigenvalue weighted by molar-refractivity contribution is 14.1. The van der Waals surface area contributed by atoms with Crippen molar-refractivity contribution >= 4 is 54.5 Å². The SMILES string of the molecule is Brc1ccc(C2(c3ccc(Br)cc3)OCCC2I)cc1. The Morgan fingerprint density at radius 1 is 0.900 bits per heavy atom. The Hall–Kier alpha value is 0.0900. The molecule has 1 unspecified atom stereocenters. The van der Waals surface area contributed by atoms with Crippen LogP contribution in [0.4, 0.5) is 0 Å². The van der Waals surface area contributed by atoms with E-state index in [-0.39, 0.29) is 5.60 Å². The molecule has 4 heteroatoms. The normalized spacial score (nSPS) is 21.1. The fourth-order valence-electron chi connectivity index (χ4n) is 2.71. The summed E-state index contributed by atoms with van der Waals surface area (Å²) in [5.74, 6) is 0. The van der Waals surface area contributed by atoms with E-state index in [1.165, 1.54) is 11.1 Å². The molecule has 1 aliphatic heterocycles. The lowest BCUT2D eigenvalue weighted by molar-refractivity contribution is 0.0408. The quantitative estimate of drug-likeness (QED) is 0.375. The van der Waals surface area contributed by atoms with E-state index in [0.717, 1.165) is 22.0 Å².